The van der Waals surface area contributed by atoms with E-state index >= 15 is 0 Å². The molecule has 4 nitrogen and oxygen atoms in total. The third kappa shape index (κ3) is 2.50. The molecule has 5 heteroatoms. The van der Waals surface area contributed by atoms with E-state index in [4.69, 9.17) is 12.2 Å². The molecule has 0 aliphatic carbocycles. The zero-order valence-electron chi connectivity index (χ0n) is 11.7. The first-order chi connectivity index (χ1) is 9.79. The van der Waals surface area contributed by atoms with Gasteiger partial charge in [-0.05, 0) is 55.6 Å². The van der Waals surface area contributed by atoms with Crippen molar-refractivity contribution in [1.82, 2.24) is 20.2 Å². The summed E-state index contributed by atoms with van der Waals surface area (Å²) >= 11 is 5.39. The number of hydrogen-bond donors (Lipinski definition) is 2. The number of aromatic amines is 1. The number of H-pyrrole nitrogens is 1. The summed E-state index contributed by atoms with van der Waals surface area (Å²) in [6, 6.07) is 4.06. The lowest BCUT2D eigenvalue weighted by atomic mass is 9.90. The summed E-state index contributed by atoms with van der Waals surface area (Å²) < 4.78 is 0. The molecule has 0 spiro atoms. The molecule has 1 aliphatic heterocycles. The van der Waals surface area contributed by atoms with Gasteiger partial charge in [0, 0.05) is 32.0 Å². The third-order valence-corrected chi connectivity index (χ3v) is 4.42. The average Bonchev–Trinajstić information content (AvgIpc) is 2.92. The highest BCUT2D eigenvalue weighted by Crippen LogP contribution is 2.32. The van der Waals surface area contributed by atoms with E-state index in [2.05, 4.69) is 39.4 Å². The SMILES string of the molecule is CCNC(=S)N1CCC(c2c[nH]c3cccnc23)CC1. The summed E-state index contributed by atoms with van der Waals surface area (Å²) in [6.45, 7) is 5.02. The van der Waals surface area contributed by atoms with E-state index < -0.39 is 0 Å². The van der Waals surface area contributed by atoms with Gasteiger partial charge in [0.15, 0.2) is 5.11 Å². The number of thiocarbonyl (C=S) groups is 1. The van der Waals surface area contributed by atoms with E-state index in [0.717, 1.165) is 48.6 Å². The molecule has 106 valence electrons. The van der Waals surface area contributed by atoms with E-state index in [1.54, 1.807) is 0 Å². The van der Waals surface area contributed by atoms with Gasteiger partial charge in [-0.2, -0.15) is 0 Å². The van der Waals surface area contributed by atoms with Crippen molar-refractivity contribution >= 4 is 28.4 Å². The van der Waals surface area contributed by atoms with E-state index in [0.29, 0.717) is 5.92 Å². The molecule has 0 saturated carbocycles. The molecule has 2 aromatic heterocycles. The van der Waals surface area contributed by atoms with Crippen LogP contribution < -0.4 is 5.32 Å². The molecular weight excluding hydrogens is 268 g/mol. The second kappa shape index (κ2) is 5.79. The van der Waals surface area contributed by atoms with Gasteiger partial charge < -0.3 is 15.2 Å². The molecule has 20 heavy (non-hydrogen) atoms. The fourth-order valence-corrected chi connectivity index (χ4v) is 3.27. The Bertz CT molecular complexity index is 599. The maximum atomic E-state index is 5.39. The Morgan fingerprint density at radius 2 is 2.30 bits per heavy atom. The van der Waals surface area contributed by atoms with Crippen LogP contribution in [0.25, 0.3) is 11.0 Å². The van der Waals surface area contributed by atoms with Gasteiger partial charge in [-0.1, -0.05) is 0 Å². The molecular formula is C15H20N4S. The van der Waals surface area contributed by atoms with Crippen molar-refractivity contribution in [2.45, 2.75) is 25.7 Å². The Balaban J connectivity index is 1.70. The smallest absolute Gasteiger partial charge is 0.168 e. The second-order valence-corrected chi connectivity index (χ2v) is 5.63. The van der Waals surface area contributed by atoms with E-state index in [1.807, 2.05) is 12.3 Å². The Kier molecular flexibility index (Phi) is 3.87. The number of hydrogen-bond acceptors (Lipinski definition) is 2. The highest BCUT2D eigenvalue weighted by molar-refractivity contribution is 7.80. The standard InChI is InChI=1S/C15H20N4S/c1-2-16-15(20)19-8-5-11(6-9-19)12-10-18-13-4-3-7-17-14(12)13/h3-4,7,10-11,18H,2,5-6,8-9H2,1H3,(H,16,20). The van der Waals surface area contributed by atoms with Gasteiger partial charge >= 0.3 is 0 Å². The van der Waals surface area contributed by atoms with Crippen LogP contribution >= 0.6 is 12.2 Å². The van der Waals surface area contributed by atoms with Crippen LogP contribution in [0.15, 0.2) is 24.5 Å². The molecule has 0 radical (unpaired) electrons. The predicted molar refractivity (Wildman–Crippen MR) is 85.9 cm³/mol. The van der Waals surface area contributed by atoms with Gasteiger partial charge in [0.1, 0.15) is 0 Å². The van der Waals surface area contributed by atoms with E-state index in [-0.39, 0.29) is 0 Å². The zero-order valence-corrected chi connectivity index (χ0v) is 12.5. The molecule has 3 heterocycles. The Morgan fingerprint density at radius 1 is 1.50 bits per heavy atom. The highest BCUT2D eigenvalue weighted by atomic mass is 32.1. The van der Waals surface area contributed by atoms with Crippen LogP contribution in [0.2, 0.25) is 0 Å². The molecule has 0 bridgehead atoms. The van der Waals surface area contributed by atoms with Crippen LogP contribution in [0.3, 0.4) is 0 Å². The maximum absolute atomic E-state index is 5.39. The first-order valence-electron chi connectivity index (χ1n) is 7.24. The van der Waals surface area contributed by atoms with Crippen molar-refractivity contribution in [3.63, 3.8) is 0 Å². The largest absolute Gasteiger partial charge is 0.363 e. The molecule has 0 unspecified atom stereocenters. The minimum Gasteiger partial charge on any atom is -0.363 e. The second-order valence-electron chi connectivity index (χ2n) is 5.24. The fourth-order valence-electron chi connectivity index (χ4n) is 2.94. The molecule has 2 aromatic rings. The minimum atomic E-state index is 0.583. The number of rotatable bonds is 2. The minimum absolute atomic E-state index is 0.583. The van der Waals surface area contributed by atoms with Crippen LogP contribution in [-0.4, -0.2) is 39.6 Å². The maximum Gasteiger partial charge on any atom is 0.168 e. The van der Waals surface area contributed by atoms with Crippen LogP contribution in [0, 0.1) is 0 Å². The predicted octanol–water partition coefficient (Wildman–Crippen LogP) is 2.64. The van der Waals surface area contributed by atoms with Gasteiger partial charge in [0.25, 0.3) is 0 Å². The van der Waals surface area contributed by atoms with Crippen molar-refractivity contribution < 1.29 is 0 Å². The monoisotopic (exact) mass is 288 g/mol. The van der Waals surface area contributed by atoms with E-state index in [9.17, 15) is 0 Å². The number of likely N-dealkylation sites (tertiary alicyclic amines) is 1. The number of piperidine rings is 1. The molecule has 0 atom stereocenters. The first-order valence-corrected chi connectivity index (χ1v) is 7.65. The van der Waals surface area contributed by atoms with E-state index in [1.165, 1.54) is 5.56 Å². The fraction of sp³-hybridized carbons (Fsp3) is 0.467. The summed E-state index contributed by atoms with van der Waals surface area (Å²) in [4.78, 5) is 10.1. The van der Waals surface area contributed by atoms with Crippen molar-refractivity contribution in [3.8, 4) is 0 Å². The lowest BCUT2D eigenvalue weighted by molar-refractivity contribution is 0.311. The van der Waals surface area contributed by atoms with Crippen molar-refractivity contribution in [3.05, 3.63) is 30.1 Å². The quantitative estimate of drug-likeness (QED) is 0.834. The van der Waals surface area contributed by atoms with Gasteiger partial charge in [-0.3, -0.25) is 4.98 Å². The summed E-state index contributed by atoms with van der Waals surface area (Å²) in [5, 5.41) is 4.12. The van der Waals surface area contributed by atoms with Crippen molar-refractivity contribution in [2.24, 2.45) is 0 Å². The number of fused-ring (bicyclic) bond motifs is 1. The van der Waals surface area contributed by atoms with Gasteiger partial charge in [0.05, 0.1) is 11.0 Å². The lowest BCUT2D eigenvalue weighted by Gasteiger charge is -2.33. The Labute approximate surface area is 124 Å². The zero-order chi connectivity index (χ0) is 13.9. The van der Waals surface area contributed by atoms with Gasteiger partial charge in [-0.15, -0.1) is 0 Å². The molecule has 1 fully saturated rings. The molecule has 2 N–H and O–H groups in total. The number of pyridine rings is 1. The molecule has 1 saturated heterocycles. The molecule has 0 aromatic carbocycles. The summed E-state index contributed by atoms with van der Waals surface area (Å²) in [5.41, 5.74) is 3.61. The summed E-state index contributed by atoms with van der Waals surface area (Å²) in [6.07, 6.45) is 6.26. The Morgan fingerprint density at radius 3 is 3.05 bits per heavy atom. The summed E-state index contributed by atoms with van der Waals surface area (Å²) in [7, 11) is 0. The molecule has 0 amide bonds. The number of aromatic nitrogens is 2. The lowest BCUT2D eigenvalue weighted by Crippen LogP contribution is -2.43. The highest BCUT2D eigenvalue weighted by Gasteiger charge is 2.24. The first kappa shape index (κ1) is 13.4. The van der Waals surface area contributed by atoms with Crippen molar-refractivity contribution in [2.75, 3.05) is 19.6 Å². The third-order valence-electron chi connectivity index (χ3n) is 4.01. The summed E-state index contributed by atoms with van der Waals surface area (Å²) in [5.74, 6) is 0.583. The number of nitrogens with zero attached hydrogens (tertiary/aromatic N) is 2. The average molecular weight is 288 g/mol. The van der Waals surface area contributed by atoms with Gasteiger partial charge in [-0.25, -0.2) is 0 Å². The molecule has 1 aliphatic rings. The topological polar surface area (TPSA) is 44.0 Å². The van der Waals surface area contributed by atoms with Crippen molar-refractivity contribution in [1.29, 1.82) is 0 Å². The van der Waals surface area contributed by atoms with Gasteiger partial charge in [0.2, 0.25) is 0 Å². The molecule has 3 rings (SSSR count). The van der Waals surface area contributed by atoms with Crippen LogP contribution in [-0.2, 0) is 0 Å². The van der Waals surface area contributed by atoms with Crippen LogP contribution in [0.1, 0.15) is 31.2 Å². The number of nitrogens with one attached hydrogen (secondary N) is 2. The normalized spacial score (nSPS) is 16.6. The van der Waals surface area contributed by atoms with Crippen LogP contribution in [0.4, 0.5) is 0 Å². The Hall–Kier alpha value is -1.62. The van der Waals surface area contributed by atoms with Crippen LogP contribution in [0.5, 0.6) is 0 Å².